The molecule has 4 rings (SSSR count). The normalized spacial score (nSPS) is 10.5. The molecule has 5 heteroatoms. The first-order valence-corrected chi connectivity index (χ1v) is 7.94. The summed E-state index contributed by atoms with van der Waals surface area (Å²) in [5.74, 6) is 0. The molecule has 0 aliphatic carbocycles. The second-order valence-corrected chi connectivity index (χ2v) is 5.70. The molecule has 120 valence electrons. The molecule has 0 radical (unpaired) electrons. The van der Waals surface area contributed by atoms with E-state index in [1.54, 1.807) is 0 Å². The molecular formula is C20H15N5. The molecule has 2 aromatic carbocycles. The first kappa shape index (κ1) is 14.9. The van der Waals surface area contributed by atoms with Crippen molar-refractivity contribution in [2.24, 2.45) is 0 Å². The van der Waals surface area contributed by atoms with Crippen molar-refractivity contribution in [3.63, 3.8) is 0 Å². The van der Waals surface area contributed by atoms with E-state index in [1.165, 1.54) is 0 Å². The second-order valence-electron chi connectivity index (χ2n) is 5.70. The highest BCUT2D eigenvalue weighted by Gasteiger charge is 2.08. The minimum Gasteiger partial charge on any atom is -0.268 e. The molecule has 0 aliphatic rings. The average Bonchev–Trinajstić information content (AvgIpc) is 3.32. The predicted molar refractivity (Wildman–Crippen MR) is 95.0 cm³/mol. The summed E-state index contributed by atoms with van der Waals surface area (Å²) in [4.78, 5) is 0. The first-order chi connectivity index (χ1) is 12.3. The Bertz CT molecular complexity index is 1040. The molecule has 0 saturated heterocycles. The Morgan fingerprint density at radius 1 is 0.840 bits per heavy atom. The van der Waals surface area contributed by atoms with Crippen molar-refractivity contribution >= 4 is 0 Å². The van der Waals surface area contributed by atoms with Crippen LogP contribution in [0, 0.1) is 11.3 Å². The van der Waals surface area contributed by atoms with Crippen molar-refractivity contribution in [1.29, 1.82) is 5.26 Å². The Morgan fingerprint density at radius 2 is 1.56 bits per heavy atom. The largest absolute Gasteiger partial charge is 0.268 e. The number of aromatic nitrogens is 4. The number of nitriles is 1. The van der Waals surface area contributed by atoms with Gasteiger partial charge in [0.05, 0.1) is 36.3 Å². The van der Waals surface area contributed by atoms with Crippen LogP contribution in [-0.2, 0) is 6.54 Å². The summed E-state index contributed by atoms with van der Waals surface area (Å²) in [6, 6.07) is 19.8. The van der Waals surface area contributed by atoms with Crippen molar-refractivity contribution in [1.82, 2.24) is 19.6 Å². The highest BCUT2D eigenvalue weighted by Crippen LogP contribution is 2.20. The fourth-order valence-electron chi connectivity index (χ4n) is 2.73. The van der Waals surface area contributed by atoms with E-state index in [2.05, 4.69) is 16.3 Å². The summed E-state index contributed by atoms with van der Waals surface area (Å²) in [5.41, 5.74) is 4.65. The summed E-state index contributed by atoms with van der Waals surface area (Å²) in [6.45, 7) is 0.566. The van der Waals surface area contributed by atoms with Crippen LogP contribution < -0.4 is 0 Å². The van der Waals surface area contributed by atoms with E-state index in [-0.39, 0.29) is 0 Å². The fraction of sp³-hybridized carbons (Fsp3) is 0.0500. The van der Waals surface area contributed by atoms with Crippen LogP contribution in [0.4, 0.5) is 0 Å². The summed E-state index contributed by atoms with van der Waals surface area (Å²) in [5, 5.41) is 18.0. The standard InChI is InChI=1S/C20H15N5/c21-10-16-6-4-5-7-17(16)13-24-14-18(11-22-24)19-12-23-25(15-19)20-8-2-1-3-9-20/h1-9,11-12,14-15H,13H2. The molecule has 2 aromatic heterocycles. The van der Waals surface area contributed by atoms with Gasteiger partial charge in [-0.05, 0) is 23.8 Å². The molecule has 4 aromatic rings. The Balaban J connectivity index is 1.58. The molecule has 2 heterocycles. The Kier molecular flexibility index (Phi) is 3.85. The fourth-order valence-corrected chi connectivity index (χ4v) is 2.73. The zero-order valence-corrected chi connectivity index (χ0v) is 13.4. The maximum atomic E-state index is 9.20. The number of hydrogen-bond donors (Lipinski definition) is 0. The van der Waals surface area contributed by atoms with Crippen molar-refractivity contribution < 1.29 is 0 Å². The summed E-state index contributed by atoms with van der Waals surface area (Å²) in [6.07, 6.45) is 7.61. The van der Waals surface area contributed by atoms with E-state index in [4.69, 9.17) is 0 Å². The molecule has 0 amide bonds. The van der Waals surface area contributed by atoms with E-state index in [0.717, 1.165) is 22.4 Å². The van der Waals surface area contributed by atoms with Gasteiger partial charge in [0, 0.05) is 23.5 Å². The van der Waals surface area contributed by atoms with Gasteiger partial charge in [0.25, 0.3) is 0 Å². The third-order valence-electron chi connectivity index (χ3n) is 4.04. The van der Waals surface area contributed by atoms with Crippen molar-refractivity contribution in [2.75, 3.05) is 0 Å². The van der Waals surface area contributed by atoms with Gasteiger partial charge in [-0.15, -0.1) is 0 Å². The van der Waals surface area contributed by atoms with Gasteiger partial charge in [0.2, 0.25) is 0 Å². The lowest BCUT2D eigenvalue weighted by Crippen LogP contribution is -2.01. The molecule has 0 atom stereocenters. The zero-order chi connectivity index (χ0) is 17.1. The molecule has 0 spiro atoms. The quantitative estimate of drug-likeness (QED) is 0.575. The van der Waals surface area contributed by atoms with Gasteiger partial charge in [-0.1, -0.05) is 36.4 Å². The molecule has 5 nitrogen and oxygen atoms in total. The van der Waals surface area contributed by atoms with Gasteiger partial charge < -0.3 is 0 Å². The number of hydrogen-bond acceptors (Lipinski definition) is 3. The van der Waals surface area contributed by atoms with Crippen LogP contribution in [0.5, 0.6) is 0 Å². The maximum Gasteiger partial charge on any atom is 0.0995 e. The van der Waals surface area contributed by atoms with Crippen LogP contribution in [0.2, 0.25) is 0 Å². The van der Waals surface area contributed by atoms with Crippen LogP contribution in [0.15, 0.2) is 79.4 Å². The topological polar surface area (TPSA) is 59.4 Å². The molecular weight excluding hydrogens is 310 g/mol. The second kappa shape index (κ2) is 6.46. The third-order valence-corrected chi connectivity index (χ3v) is 4.04. The van der Waals surface area contributed by atoms with Crippen molar-refractivity contribution in [3.8, 4) is 22.9 Å². The zero-order valence-electron chi connectivity index (χ0n) is 13.4. The van der Waals surface area contributed by atoms with Gasteiger partial charge in [0.1, 0.15) is 0 Å². The first-order valence-electron chi connectivity index (χ1n) is 7.94. The highest BCUT2D eigenvalue weighted by atomic mass is 15.3. The molecule has 0 saturated carbocycles. The predicted octanol–water partition coefficient (Wildman–Crippen LogP) is 3.66. The lowest BCUT2D eigenvalue weighted by atomic mass is 10.1. The molecule has 0 unspecified atom stereocenters. The van der Waals surface area contributed by atoms with Crippen molar-refractivity contribution in [2.45, 2.75) is 6.54 Å². The van der Waals surface area contributed by atoms with Crippen molar-refractivity contribution in [3.05, 3.63) is 90.5 Å². The van der Waals surface area contributed by atoms with Crippen LogP contribution in [0.3, 0.4) is 0 Å². The smallest absolute Gasteiger partial charge is 0.0995 e. The van der Waals surface area contributed by atoms with E-state index in [1.807, 2.05) is 88.7 Å². The molecule has 0 N–H and O–H groups in total. The number of rotatable bonds is 4. The Labute approximate surface area is 145 Å². The van der Waals surface area contributed by atoms with Gasteiger partial charge in [-0.25, -0.2) is 4.68 Å². The van der Waals surface area contributed by atoms with Crippen LogP contribution >= 0.6 is 0 Å². The SMILES string of the molecule is N#Cc1ccccc1Cn1cc(-c2cnn(-c3ccccc3)c2)cn1. The minimum atomic E-state index is 0.566. The van der Waals surface area contributed by atoms with Crippen LogP contribution in [0.1, 0.15) is 11.1 Å². The van der Waals surface area contributed by atoms with Gasteiger partial charge in [-0.2, -0.15) is 15.5 Å². The van der Waals surface area contributed by atoms with E-state index >= 15 is 0 Å². The average molecular weight is 325 g/mol. The summed E-state index contributed by atoms with van der Waals surface area (Å²) >= 11 is 0. The van der Waals surface area contributed by atoms with E-state index in [9.17, 15) is 5.26 Å². The van der Waals surface area contributed by atoms with Gasteiger partial charge >= 0.3 is 0 Å². The monoisotopic (exact) mass is 325 g/mol. The number of benzene rings is 2. The number of nitrogens with zero attached hydrogens (tertiary/aromatic N) is 5. The van der Waals surface area contributed by atoms with Gasteiger partial charge in [0.15, 0.2) is 0 Å². The highest BCUT2D eigenvalue weighted by molar-refractivity contribution is 5.60. The number of para-hydroxylation sites is 1. The third kappa shape index (κ3) is 3.06. The molecule has 25 heavy (non-hydrogen) atoms. The maximum absolute atomic E-state index is 9.20. The molecule has 0 fully saturated rings. The van der Waals surface area contributed by atoms with E-state index < -0.39 is 0 Å². The van der Waals surface area contributed by atoms with Crippen LogP contribution in [0.25, 0.3) is 16.8 Å². The summed E-state index contributed by atoms with van der Waals surface area (Å²) < 4.78 is 3.68. The van der Waals surface area contributed by atoms with E-state index in [0.29, 0.717) is 12.1 Å². The summed E-state index contributed by atoms with van der Waals surface area (Å²) in [7, 11) is 0. The Hall–Kier alpha value is -3.65. The lowest BCUT2D eigenvalue weighted by Gasteiger charge is -2.03. The molecule has 0 aliphatic heterocycles. The molecule has 0 bridgehead atoms. The Morgan fingerprint density at radius 3 is 2.40 bits per heavy atom. The van der Waals surface area contributed by atoms with Gasteiger partial charge in [-0.3, -0.25) is 4.68 Å². The van der Waals surface area contributed by atoms with Crippen LogP contribution in [-0.4, -0.2) is 19.6 Å². The lowest BCUT2D eigenvalue weighted by molar-refractivity contribution is 0.686. The minimum absolute atomic E-state index is 0.566.